The molecule has 0 spiro atoms. The molecule has 1 aromatic rings. The zero-order valence-electron chi connectivity index (χ0n) is 11.3. The standard InChI is InChI=1S/C11H21N3O3S/c1-8(15)6-5-7-12-18(16,17)11-9(2)13-14(4)10(11)3/h8,12,15H,5-7H2,1-4H3. The van der Waals surface area contributed by atoms with E-state index < -0.39 is 16.1 Å². The van der Waals surface area contributed by atoms with Crippen LogP contribution in [0.3, 0.4) is 0 Å². The van der Waals surface area contributed by atoms with Gasteiger partial charge in [-0.15, -0.1) is 0 Å². The molecule has 0 amide bonds. The molecule has 0 bridgehead atoms. The Labute approximate surface area is 108 Å². The lowest BCUT2D eigenvalue weighted by Crippen LogP contribution is -2.26. The fourth-order valence-corrected chi connectivity index (χ4v) is 3.33. The summed E-state index contributed by atoms with van der Waals surface area (Å²) in [6.07, 6.45) is 0.777. The maximum Gasteiger partial charge on any atom is 0.244 e. The maximum atomic E-state index is 12.1. The van der Waals surface area contributed by atoms with Crippen molar-refractivity contribution in [2.45, 2.75) is 44.6 Å². The Hall–Kier alpha value is -0.920. The van der Waals surface area contributed by atoms with Gasteiger partial charge in [0.15, 0.2) is 0 Å². The molecule has 0 saturated carbocycles. The fourth-order valence-electron chi connectivity index (χ4n) is 1.82. The smallest absolute Gasteiger partial charge is 0.244 e. The van der Waals surface area contributed by atoms with Crippen LogP contribution in [0.15, 0.2) is 4.90 Å². The summed E-state index contributed by atoms with van der Waals surface area (Å²) < 4.78 is 28.3. The first-order chi connectivity index (χ1) is 8.25. The zero-order chi connectivity index (χ0) is 13.9. The number of aromatic nitrogens is 2. The molecule has 7 heteroatoms. The van der Waals surface area contributed by atoms with Crippen molar-refractivity contribution in [3.63, 3.8) is 0 Å². The molecule has 0 aromatic carbocycles. The number of sulfonamides is 1. The third kappa shape index (κ3) is 3.54. The number of hydrogen-bond donors (Lipinski definition) is 2. The Balaban J connectivity index is 2.75. The molecule has 0 saturated heterocycles. The van der Waals surface area contributed by atoms with Gasteiger partial charge in [0.05, 0.1) is 17.5 Å². The van der Waals surface area contributed by atoms with Crippen molar-refractivity contribution in [3.05, 3.63) is 11.4 Å². The fraction of sp³-hybridized carbons (Fsp3) is 0.727. The number of rotatable bonds is 6. The Kier molecular flexibility index (Phi) is 4.89. The normalized spacial score (nSPS) is 13.8. The summed E-state index contributed by atoms with van der Waals surface area (Å²) in [4.78, 5) is 0.252. The Bertz CT molecular complexity index is 506. The Morgan fingerprint density at radius 3 is 2.50 bits per heavy atom. The van der Waals surface area contributed by atoms with Crippen molar-refractivity contribution in [2.75, 3.05) is 6.54 Å². The van der Waals surface area contributed by atoms with Gasteiger partial charge in [0, 0.05) is 13.6 Å². The van der Waals surface area contributed by atoms with Gasteiger partial charge in [-0.2, -0.15) is 5.10 Å². The first-order valence-corrected chi connectivity index (χ1v) is 7.42. The van der Waals surface area contributed by atoms with E-state index in [0.717, 1.165) is 0 Å². The predicted octanol–water partition coefficient (Wildman–Crippen LogP) is 0.476. The Morgan fingerprint density at radius 2 is 2.06 bits per heavy atom. The van der Waals surface area contributed by atoms with E-state index in [-0.39, 0.29) is 4.90 Å². The number of hydrogen-bond acceptors (Lipinski definition) is 4. The average Bonchev–Trinajstić information content (AvgIpc) is 2.48. The largest absolute Gasteiger partial charge is 0.393 e. The van der Waals surface area contributed by atoms with E-state index in [9.17, 15) is 8.42 Å². The van der Waals surface area contributed by atoms with Crippen molar-refractivity contribution < 1.29 is 13.5 Å². The van der Waals surface area contributed by atoms with Gasteiger partial charge >= 0.3 is 0 Å². The minimum absolute atomic E-state index is 0.252. The highest BCUT2D eigenvalue weighted by molar-refractivity contribution is 7.89. The van der Waals surface area contributed by atoms with Crippen LogP contribution in [-0.2, 0) is 17.1 Å². The molecular formula is C11H21N3O3S. The van der Waals surface area contributed by atoms with Crippen LogP contribution in [0.1, 0.15) is 31.2 Å². The van der Waals surface area contributed by atoms with Gasteiger partial charge in [-0.05, 0) is 33.6 Å². The van der Waals surface area contributed by atoms with E-state index in [4.69, 9.17) is 5.11 Å². The number of nitrogens with zero attached hydrogens (tertiary/aromatic N) is 2. The van der Waals surface area contributed by atoms with E-state index >= 15 is 0 Å². The van der Waals surface area contributed by atoms with Crippen LogP contribution in [0, 0.1) is 13.8 Å². The van der Waals surface area contributed by atoms with Crippen LogP contribution in [0.2, 0.25) is 0 Å². The minimum Gasteiger partial charge on any atom is -0.393 e. The molecule has 0 aliphatic carbocycles. The summed E-state index contributed by atoms with van der Waals surface area (Å²) in [5.74, 6) is 0. The number of aryl methyl sites for hydroxylation is 2. The number of aliphatic hydroxyl groups excluding tert-OH is 1. The summed E-state index contributed by atoms with van der Waals surface area (Å²) in [5, 5.41) is 13.2. The lowest BCUT2D eigenvalue weighted by molar-refractivity contribution is 0.182. The van der Waals surface area contributed by atoms with Gasteiger partial charge in [-0.1, -0.05) is 0 Å². The van der Waals surface area contributed by atoms with Crippen LogP contribution in [0.25, 0.3) is 0 Å². The summed E-state index contributed by atoms with van der Waals surface area (Å²) in [6.45, 7) is 5.41. The van der Waals surface area contributed by atoms with Crippen LogP contribution < -0.4 is 4.72 Å². The highest BCUT2D eigenvalue weighted by Crippen LogP contribution is 2.18. The van der Waals surface area contributed by atoms with Gasteiger partial charge in [0.2, 0.25) is 10.0 Å². The summed E-state index contributed by atoms with van der Waals surface area (Å²) in [6, 6.07) is 0. The molecule has 0 fully saturated rings. The summed E-state index contributed by atoms with van der Waals surface area (Å²) in [5.41, 5.74) is 1.12. The zero-order valence-corrected chi connectivity index (χ0v) is 12.1. The van der Waals surface area contributed by atoms with Crippen LogP contribution in [-0.4, -0.2) is 36.0 Å². The van der Waals surface area contributed by atoms with E-state index in [1.165, 1.54) is 0 Å². The van der Waals surface area contributed by atoms with Crippen molar-refractivity contribution in [1.29, 1.82) is 0 Å². The molecular weight excluding hydrogens is 254 g/mol. The highest BCUT2D eigenvalue weighted by Gasteiger charge is 2.22. The SMILES string of the molecule is Cc1nn(C)c(C)c1S(=O)(=O)NCCCC(C)O. The van der Waals surface area contributed by atoms with Gasteiger partial charge in [0.1, 0.15) is 4.90 Å². The first kappa shape index (κ1) is 15.1. The second kappa shape index (κ2) is 5.81. The summed E-state index contributed by atoms with van der Waals surface area (Å²) >= 11 is 0. The number of nitrogens with one attached hydrogen (secondary N) is 1. The molecule has 0 aliphatic rings. The van der Waals surface area contributed by atoms with E-state index in [1.54, 1.807) is 32.5 Å². The van der Waals surface area contributed by atoms with E-state index in [1.807, 2.05) is 0 Å². The lowest BCUT2D eigenvalue weighted by Gasteiger charge is -2.08. The predicted molar refractivity (Wildman–Crippen MR) is 68.8 cm³/mol. The average molecular weight is 275 g/mol. The second-order valence-corrected chi connectivity index (χ2v) is 6.22. The molecule has 18 heavy (non-hydrogen) atoms. The van der Waals surface area contributed by atoms with Crippen molar-refractivity contribution in [1.82, 2.24) is 14.5 Å². The molecule has 0 aliphatic heterocycles. The molecule has 0 radical (unpaired) electrons. The van der Waals surface area contributed by atoms with Crippen LogP contribution in [0.4, 0.5) is 0 Å². The molecule has 1 rings (SSSR count). The minimum atomic E-state index is -3.51. The molecule has 1 unspecified atom stereocenters. The van der Waals surface area contributed by atoms with Gasteiger partial charge in [-0.25, -0.2) is 13.1 Å². The second-order valence-electron chi connectivity index (χ2n) is 4.51. The van der Waals surface area contributed by atoms with Crippen LogP contribution >= 0.6 is 0 Å². The van der Waals surface area contributed by atoms with Crippen molar-refractivity contribution >= 4 is 10.0 Å². The molecule has 1 heterocycles. The molecule has 1 atom stereocenters. The van der Waals surface area contributed by atoms with Gasteiger partial charge in [-0.3, -0.25) is 4.68 Å². The molecule has 1 aromatic heterocycles. The van der Waals surface area contributed by atoms with E-state index in [2.05, 4.69) is 9.82 Å². The van der Waals surface area contributed by atoms with Crippen molar-refractivity contribution in [2.24, 2.45) is 7.05 Å². The van der Waals surface area contributed by atoms with Crippen molar-refractivity contribution in [3.8, 4) is 0 Å². The van der Waals surface area contributed by atoms with Gasteiger partial charge in [0.25, 0.3) is 0 Å². The molecule has 6 nitrogen and oxygen atoms in total. The third-order valence-electron chi connectivity index (χ3n) is 2.80. The van der Waals surface area contributed by atoms with E-state index in [0.29, 0.717) is 30.8 Å². The molecule has 2 N–H and O–H groups in total. The topological polar surface area (TPSA) is 84.2 Å². The Morgan fingerprint density at radius 1 is 1.44 bits per heavy atom. The number of aliphatic hydroxyl groups is 1. The highest BCUT2D eigenvalue weighted by atomic mass is 32.2. The maximum absolute atomic E-state index is 12.1. The first-order valence-electron chi connectivity index (χ1n) is 5.93. The monoisotopic (exact) mass is 275 g/mol. The molecule has 104 valence electrons. The quantitative estimate of drug-likeness (QED) is 0.739. The lowest BCUT2D eigenvalue weighted by atomic mass is 10.2. The van der Waals surface area contributed by atoms with Crippen LogP contribution in [0.5, 0.6) is 0 Å². The summed E-state index contributed by atoms with van der Waals surface area (Å²) in [7, 11) is -1.80. The van der Waals surface area contributed by atoms with Gasteiger partial charge < -0.3 is 5.11 Å². The third-order valence-corrected chi connectivity index (χ3v) is 4.51.